The number of ether oxygens (including phenoxy) is 2. The lowest BCUT2D eigenvalue weighted by Crippen LogP contribution is -2.18. The minimum atomic E-state index is 0.255. The number of hydrogen-bond acceptors (Lipinski definition) is 4. The smallest absolute Gasteiger partial charge is 0.129 e. The fourth-order valence-corrected chi connectivity index (χ4v) is 1.59. The van der Waals surface area contributed by atoms with Crippen LogP contribution < -0.4 is 5.32 Å². The zero-order valence-corrected chi connectivity index (χ0v) is 12.6. The molecule has 0 saturated heterocycles. The first-order valence-electron chi connectivity index (χ1n) is 7.05. The van der Waals surface area contributed by atoms with Gasteiger partial charge in [0, 0.05) is 0 Å². The second-order valence-corrected chi connectivity index (χ2v) is 5.36. The summed E-state index contributed by atoms with van der Waals surface area (Å²) >= 11 is 0. The highest BCUT2D eigenvalue weighted by Gasteiger charge is 2.03. The van der Waals surface area contributed by atoms with E-state index in [-0.39, 0.29) is 6.10 Å². The maximum atomic E-state index is 5.66. The van der Waals surface area contributed by atoms with Crippen LogP contribution in [0.5, 0.6) is 0 Å². The normalized spacial score (nSPS) is 11.7. The molecule has 0 bridgehead atoms. The summed E-state index contributed by atoms with van der Waals surface area (Å²) in [6.45, 7) is 11.9. The first-order chi connectivity index (χ1) is 9.08. The van der Waals surface area contributed by atoms with E-state index in [1.807, 2.05) is 26.0 Å². The van der Waals surface area contributed by atoms with Crippen LogP contribution in [0, 0.1) is 5.92 Å². The molecule has 1 N–H and O–H groups in total. The average molecular weight is 269 g/mol. The van der Waals surface area contributed by atoms with E-state index in [2.05, 4.69) is 19.2 Å². The van der Waals surface area contributed by atoms with E-state index >= 15 is 0 Å². The summed E-state index contributed by atoms with van der Waals surface area (Å²) in [5, 5.41) is 3.35. The Hall–Kier alpha value is -0.840. The Morgan fingerprint density at radius 3 is 2.53 bits per heavy atom. The van der Waals surface area contributed by atoms with Crippen molar-refractivity contribution in [3.8, 4) is 0 Å². The molecule has 0 amide bonds. The molecule has 0 spiro atoms. The highest BCUT2D eigenvalue weighted by atomic mass is 16.5. The largest absolute Gasteiger partial charge is 0.462 e. The third-order valence-electron chi connectivity index (χ3n) is 2.49. The summed E-state index contributed by atoms with van der Waals surface area (Å²) in [6.07, 6.45) is 0.255. The second kappa shape index (κ2) is 9.13. The van der Waals surface area contributed by atoms with Gasteiger partial charge in [-0.1, -0.05) is 13.8 Å². The highest BCUT2D eigenvalue weighted by molar-refractivity contribution is 5.06. The van der Waals surface area contributed by atoms with E-state index in [0.29, 0.717) is 25.7 Å². The van der Waals surface area contributed by atoms with Crippen molar-refractivity contribution in [2.24, 2.45) is 5.92 Å². The van der Waals surface area contributed by atoms with Crippen LogP contribution in [0.25, 0.3) is 0 Å². The predicted octanol–water partition coefficient (Wildman–Crippen LogP) is 2.97. The van der Waals surface area contributed by atoms with E-state index in [0.717, 1.165) is 24.6 Å². The molecule has 4 heteroatoms. The third kappa shape index (κ3) is 8.03. The Morgan fingerprint density at radius 2 is 1.84 bits per heavy atom. The molecule has 0 radical (unpaired) electrons. The molecule has 19 heavy (non-hydrogen) atoms. The van der Waals surface area contributed by atoms with Crippen molar-refractivity contribution in [1.29, 1.82) is 0 Å². The van der Waals surface area contributed by atoms with E-state index in [1.165, 1.54) is 0 Å². The van der Waals surface area contributed by atoms with Gasteiger partial charge in [0.1, 0.15) is 18.1 Å². The molecule has 0 fully saturated rings. The number of nitrogens with one attached hydrogen (secondary N) is 1. The molecule has 1 heterocycles. The molecule has 4 nitrogen and oxygen atoms in total. The van der Waals surface area contributed by atoms with Gasteiger partial charge in [-0.2, -0.15) is 0 Å². The molecule has 0 aliphatic heterocycles. The molecule has 0 saturated carbocycles. The lowest BCUT2D eigenvalue weighted by atomic mass is 10.2. The molecule has 1 aromatic rings. The van der Waals surface area contributed by atoms with Gasteiger partial charge in [0.05, 0.1) is 25.9 Å². The van der Waals surface area contributed by atoms with Gasteiger partial charge in [0.15, 0.2) is 0 Å². The maximum absolute atomic E-state index is 5.66. The van der Waals surface area contributed by atoms with E-state index in [9.17, 15) is 0 Å². The number of hydrogen-bond donors (Lipinski definition) is 1. The summed E-state index contributed by atoms with van der Waals surface area (Å²) in [7, 11) is 0. The van der Waals surface area contributed by atoms with Crippen LogP contribution in [0.15, 0.2) is 16.5 Å². The predicted molar refractivity (Wildman–Crippen MR) is 76.0 cm³/mol. The van der Waals surface area contributed by atoms with Crippen LogP contribution in [0.3, 0.4) is 0 Å². The van der Waals surface area contributed by atoms with E-state index < -0.39 is 0 Å². The van der Waals surface area contributed by atoms with Crippen molar-refractivity contribution < 1.29 is 13.9 Å². The molecule has 0 aliphatic rings. The maximum Gasteiger partial charge on any atom is 0.129 e. The molecule has 0 aromatic carbocycles. The zero-order valence-electron chi connectivity index (χ0n) is 12.6. The van der Waals surface area contributed by atoms with Crippen LogP contribution >= 0.6 is 0 Å². The fourth-order valence-electron chi connectivity index (χ4n) is 1.59. The quantitative estimate of drug-likeness (QED) is 0.663. The summed E-state index contributed by atoms with van der Waals surface area (Å²) in [6, 6.07) is 3.96. The van der Waals surface area contributed by atoms with Gasteiger partial charge in [0.2, 0.25) is 0 Å². The van der Waals surface area contributed by atoms with Crippen molar-refractivity contribution in [3.05, 3.63) is 23.7 Å². The lowest BCUT2D eigenvalue weighted by Gasteiger charge is -2.07. The fraction of sp³-hybridized carbons (Fsp3) is 0.733. The molecular formula is C15H27NO3. The van der Waals surface area contributed by atoms with Crippen LogP contribution in [-0.4, -0.2) is 25.9 Å². The minimum absolute atomic E-state index is 0.255. The molecule has 1 aromatic heterocycles. The van der Waals surface area contributed by atoms with Gasteiger partial charge >= 0.3 is 0 Å². The molecule has 0 aliphatic carbocycles. The molecule has 0 atom stereocenters. The van der Waals surface area contributed by atoms with Gasteiger partial charge in [-0.05, 0) is 38.4 Å². The SMILES string of the molecule is CC(C)CNCc1ccc(COCCOC(C)C)o1. The van der Waals surface area contributed by atoms with Gasteiger partial charge < -0.3 is 19.2 Å². The number of rotatable bonds is 10. The number of furan rings is 1. The molecule has 1 rings (SSSR count). The van der Waals surface area contributed by atoms with Crippen molar-refractivity contribution in [2.75, 3.05) is 19.8 Å². The Kier molecular flexibility index (Phi) is 7.79. The zero-order chi connectivity index (χ0) is 14.1. The topological polar surface area (TPSA) is 43.6 Å². The van der Waals surface area contributed by atoms with Crippen molar-refractivity contribution >= 4 is 0 Å². The minimum Gasteiger partial charge on any atom is -0.462 e. The van der Waals surface area contributed by atoms with Gasteiger partial charge in [-0.3, -0.25) is 0 Å². The first-order valence-corrected chi connectivity index (χ1v) is 7.05. The van der Waals surface area contributed by atoms with Crippen LogP contribution in [-0.2, 0) is 22.6 Å². The average Bonchev–Trinajstić information content (AvgIpc) is 2.76. The monoisotopic (exact) mass is 269 g/mol. The Morgan fingerprint density at radius 1 is 1.11 bits per heavy atom. The summed E-state index contributed by atoms with van der Waals surface area (Å²) < 4.78 is 16.5. The first kappa shape index (κ1) is 16.2. The molecular weight excluding hydrogens is 242 g/mol. The van der Waals surface area contributed by atoms with Crippen molar-refractivity contribution in [3.63, 3.8) is 0 Å². The summed E-state index contributed by atoms with van der Waals surface area (Å²) in [5.41, 5.74) is 0. The Labute approximate surface area is 116 Å². The molecule has 0 unspecified atom stereocenters. The Bertz CT molecular complexity index is 334. The van der Waals surface area contributed by atoms with E-state index in [1.54, 1.807) is 0 Å². The standard InChI is InChI=1S/C15H27NO3/c1-12(2)9-16-10-14-5-6-15(19-14)11-17-7-8-18-13(3)4/h5-6,12-13,16H,7-11H2,1-4H3. The van der Waals surface area contributed by atoms with Crippen LogP contribution in [0.4, 0.5) is 0 Å². The van der Waals surface area contributed by atoms with Crippen LogP contribution in [0.2, 0.25) is 0 Å². The lowest BCUT2D eigenvalue weighted by molar-refractivity contribution is 0.0101. The third-order valence-corrected chi connectivity index (χ3v) is 2.49. The van der Waals surface area contributed by atoms with Gasteiger partial charge in [-0.15, -0.1) is 0 Å². The van der Waals surface area contributed by atoms with Crippen molar-refractivity contribution in [2.45, 2.75) is 47.0 Å². The van der Waals surface area contributed by atoms with Crippen LogP contribution in [0.1, 0.15) is 39.2 Å². The van der Waals surface area contributed by atoms with Gasteiger partial charge in [0.25, 0.3) is 0 Å². The second-order valence-electron chi connectivity index (χ2n) is 5.36. The van der Waals surface area contributed by atoms with E-state index in [4.69, 9.17) is 13.9 Å². The summed E-state index contributed by atoms with van der Waals surface area (Å²) in [4.78, 5) is 0. The molecule has 110 valence electrons. The summed E-state index contributed by atoms with van der Waals surface area (Å²) in [5.74, 6) is 2.47. The highest BCUT2D eigenvalue weighted by Crippen LogP contribution is 2.09. The Balaban J connectivity index is 2.12. The van der Waals surface area contributed by atoms with Gasteiger partial charge in [-0.25, -0.2) is 0 Å². The van der Waals surface area contributed by atoms with Crippen molar-refractivity contribution in [1.82, 2.24) is 5.32 Å².